The number of nitrogens with one attached hydrogen (secondary N) is 1. The first-order chi connectivity index (χ1) is 13.6. The Labute approximate surface area is 166 Å². The van der Waals surface area contributed by atoms with Crippen LogP contribution in [0.15, 0.2) is 54.6 Å². The second-order valence-corrected chi connectivity index (χ2v) is 7.31. The maximum Gasteiger partial charge on any atom is 0.338 e. The van der Waals surface area contributed by atoms with Crippen LogP contribution in [-0.4, -0.2) is 24.5 Å². The lowest BCUT2D eigenvalue weighted by Gasteiger charge is -2.29. The highest BCUT2D eigenvalue weighted by Gasteiger charge is 2.23. The van der Waals surface area contributed by atoms with Gasteiger partial charge in [0, 0.05) is 6.04 Å². The molecule has 1 saturated carbocycles. The highest BCUT2D eigenvalue weighted by molar-refractivity contribution is 5.91. The van der Waals surface area contributed by atoms with Crippen LogP contribution >= 0.6 is 0 Å². The first-order valence-electron chi connectivity index (χ1n) is 9.85. The van der Waals surface area contributed by atoms with E-state index in [-0.39, 0.29) is 18.6 Å². The Morgan fingerprint density at radius 1 is 1.00 bits per heavy atom. The SMILES string of the molecule is C[C@H]1CCCC[C@@H]1NC(=O)COC(=O)c1ccc(OCc2ccccc2)cc1. The minimum Gasteiger partial charge on any atom is -0.489 e. The van der Waals surface area contributed by atoms with Crippen molar-refractivity contribution in [2.45, 2.75) is 45.3 Å². The molecule has 5 heteroatoms. The van der Waals surface area contributed by atoms with Crippen molar-refractivity contribution in [3.05, 3.63) is 65.7 Å². The average molecular weight is 381 g/mol. The smallest absolute Gasteiger partial charge is 0.338 e. The minimum absolute atomic E-state index is 0.181. The summed E-state index contributed by atoms with van der Waals surface area (Å²) in [6.07, 6.45) is 4.47. The standard InChI is InChI=1S/C23H27NO4/c1-17-7-5-6-10-21(17)24-22(25)16-28-23(26)19-11-13-20(14-12-19)27-15-18-8-3-2-4-9-18/h2-4,8-9,11-14,17,21H,5-7,10,15-16H2,1H3,(H,24,25)/t17-,21-/m0/s1. The molecule has 0 unspecified atom stereocenters. The van der Waals surface area contributed by atoms with Crippen molar-refractivity contribution < 1.29 is 19.1 Å². The molecule has 1 N–H and O–H groups in total. The van der Waals surface area contributed by atoms with Crippen molar-refractivity contribution in [1.82, 2.24) is 5.32 Å². The van der Waals surface area contributed by atoms with E-state index in [1.807, 2.05) is 30.3 Å². The Hall–Kier alpha value is -2.82. The van der Waals surface area contributed by atoms with Crippen LogP contribution < -0.4 is 10.1 Å². The van der Waals surface area contributed by atoms with Gasteiger partial charge in [0.1, 0.15) is 12.4 Å². The van der Waals surface area contributed by atoms with Crippen molar-refractivity contribution in [3.8, 4) is 5.75 Å². The number of hydrogen-bond acceptors (Lipinski definition) is 4. The molecule has 28 heavy (non-hydrogen) atoms. The predicted molar refractivity (Wildman–Crippen MR) is 107 cm³/mol. The Bertz CT molecular complexity index is 773. The van der Waals surface area contributed by atoms with Crippen molar-refractivity contribution in [3.63, 3.8) is 0 Å². The Kier molecular flexibility index (Phi) is 7.06. The summed E-state index contributed by atoms with van der Waals surface area (Å²) in [5.74, 6) is 0.387. The highest BCUT2D eigenvalue weighted by Crippen LogP contribution is 2.23. The summed E-state index contributed by atoms with van der Waals surface area (Å²) in [4.78, 5) is 24.2. The molecular formula is C23H27NO4. The second-order valence-electron chi connectivity index (χ2n) is 7.31. The Morgan fingerprint density at radius 3 is 2.43 bits per heavy atom. The molecule has 5 nitrogen and oxygen atoms in total. The van der Waals surface area contributed by atoms with Crippen LogP contribution in [0.4, 0.5) is 0 Å². The van der Waals surface area contributed by atoms with Gasteiger partial charge < -0.3 is 14.8 Å². The van der Waals surface area contributed by atoms with Gasteiger partial charge in [-0.2, -0.15) is 0 Å². The summed E-state index contributed by atoms with van der Waals surface area (Å²) in [5, 5.41) is 2.98. The molecule has 0 saturated heterocycles. The van der Waals surface area contributed by atoms with Crippen LogP contribution in [0.2, 0.25) is 0 Å². The van der Waals surface area contributed by atoms with E-state index in [1.165, 1.54) is 6.42 Å². The molecular weight excluding hydrogens is 354 g/mol. The van der Waals surface area contributed by atoms with Crippen LogP contribution in [0.5, 0.6) is 5.75 Å². The first-order valence-corrected chi connectivity index (χ1v) is 9.85. The van der Waals surface area contributed by atoms with E-state index in [9.17, 15) is 9.59 Å². The number of rotatable bonds is 7. The van der Waals surface area contributed by atoms with Gasteiger partial charge in [-0.05, 0) is 48.6 Å². The van der Waals surface area contributed by atoms with E-state index >= 15 is 0 Å². The van der Waals surface area contributed by atoms with Crippen LogP contribution in [0.25, 0.3) is 0 Å². The number of esters is 1. The molecule has 1 aliphatic carbocycles. The number of carbonyl (C=O) groups is 2. The van der Waals surface area contributed by atoms with Gasteiger partial charge in [-0.15, -0.1) is 0 Å². The fraction of sp³-hybridized carbons (Fsp3) is 0.391. The number of carbonyl (C=O) groups excluding carboxylic acids is 2. The van der Waals surface area contributed by atoms with Crippen LogP contribution in [0, 0.1) is 5.92 Å². The van der Waals surface area contributed by atoms with Gasteiger partial charge >= 0.3 is 5.97 Å². The first kappa shape index (κ1) is 19.9. The summed E-state index contributed by atoms with van der Waals surface area (Å²) < 4.78 is 10.8. The van der Waals surface area contributed by atoms with Crippen molar-refractivity contribution in [2.75, 3.05) is 6.61 Å². The average Bonchev–Trinajstić information content (AvgIpc) is 2.73. The number of benzene rings is 2. The predicted octanol–water partition coefficient (Wildman–Crippen LogP) is 4.12. The molecule has 2 aromatic rings. The summed E-state index contributed by atoms with van der Waals surface area (Å²) >= 11 is 0. The van der Waals surface area contributed by atoms with Gasteiger partial charge in [0.25, 0.3) is 5.91 Å². The largest absolute Gasteiger partial charge is 0.489 e. The quantitative estimate of drug-likeness (QED) is 0.733. The fourth-order valence-corrected chi connectivity index (χ4v) is 3.42. The number of amides is 1. The van der Waals surface area contributed by atoms with E-state index in [2.05, 4.69) is 12.2 Å². The zero-order chi connectivity index (χ0) is 19.8. The Balaban J connectivity index is 1.43. The molecule has 1 amide bonds. The minimum atomic E-state index is -0.513. The maximum absolute atomic E-state index is 12.2. The zero-order valence-electron chi connectivity index (χ0n) is 16.2. The summed E-state index contributed by atoms with van der Waals surface area (Å²) in [6.45, 7) is 2.36. The molecule has 1 fully saturated rings. The van der Waals surface area contributed by atoms with Crippen molar-refractivity contribution >= 4 is 11.9 Å². The molecule has 2 atom stereocenters. The van der Waals surface area contributed by atoms with Gasteiger partial charge in [0.2, 0.25) is 0 Å². The Morgan fingerprint density at radius 2 is 1.71 bits per heavy atom. The topological polar surface area (TPSA) is 64.6 Å². The van der Waals surface area contributed by atoms with E-state index < -0.39 is 5.97 Å². The third-order valence-corrected chi connectivity index (χ3v) is 5.13. The lowest BCUT2D eigenvalue weighted by Crippen LogP contribution is -2.42. The molecule has 3 rings (SSSR count). The van der Waals surface area contributed by atoms with E-state index in [1.54, 1.807) is 24.3 Å². The second kappa shape index (κ2) is 9.93. The van der Waals surface area contributed by atoms with Crippen LogP contribution in [0.3, 0.4) is 0 Å². The third kappa shape index (κ3) is 5.84. The van der Waals surface area contributed by atoms with Gasteiger partial charge in [0.05, 0.1) is 5.56 Å². The number of hydrogen-bond donors (Lipinski definition) is 1. The molecule has 1 aliphatic rings. The van der Waals surface area contributed by atoms with E-state index in [4.69, 9.17) is 9.47 Å². The van der Waals surface area contributed by atoms with Gasteiger partial charge in [-0.25, -0.2) is 4.79 Å². The normalized spacial score (nSPS) is 18.9. The summed E-state index contributed by atoms with van der Waals surface area (Å²) in [5.41, 5.74) is 1.47. The van der Waals surface area contributed by atoms with E-state index in [0.717, 1.165) is 24.8 Å². The molecule has 0 bridgehead atoms. The third-order valence-electron chi connectivity index (χ3n) is 5.13. The molecule has 0 aliphatic heterocycles. The highest BCUT2D eigenvalue weighted by atomic mass is 16.5. The lowest BCUT2D eigenvalue weighted by molar-refractivity contribution is -0.125. The van der Waals surface area contributed by atoms with Crippen molar-refractivity contribution in [1.29, 1.82) is 0 Å². The molecule has 148 valence electrons. The lowest BCUT2D eigenvalue weighted by atomic mass is 9.86. The molecule has 0 aromatic heterocycles. The molecule has 2 aromatic carbocycles. The number of ether oxygens (including phenoxy) is 2. The summed E-state index contributed by atoms with van der Waals surface area (Å²) in [7, 11) is 0. The van der Waals surface area contributed by atoms with Crippen LogP contribution in [0.1, 0.15) is 48.5 Å². The summed E-state index contributed by atoms with van der Waals surface area (Å²) in [6, 6.07) is 16.8. The zero-order valence-corrected chi connectivity index (χ0v) is 16.2. The molecule has 0 radical (unpaired) electrons. The van der Waals surface area contributed by atoms with Gasteiger partial charge in [-0.1, -0.05) is 50.1 Å². The van der Waals surface area contributed by atoms with Crippen LogP contribution in [-0.2, 0) is 16.1 Å². The van der Waals surface area contributed by atoms with Crippen molar-refractivity contribution in [2.24, 2.45) is 5.92 Å². The monoisotopic (exact) mass is 381 g/mol. The molecule has 0 spiro atoms. The van der Waals surface area contributed by atoms with E-state index in [0.29, 0.717) is 23.8 Å². The maximum atomic E-state index is 12.2. The van der Waals surface area contributed by atoms with Gasteiger partial charge in [-0.3, -0.25) is 4.79 Å². The molecule has 0 heterocycles. The van der Waals surface area contributed by atoms with Gasteiger partial charge in [0.15, 0.2) is 6.61 Å². The fourth-order valence-electron chi connectivity index (χ4n) is 3.42.